The normalized spacial score (nSPS) is 23.4. The van der Waals surface area contributed by atoms with E-state index in [1.165, 1.54) is 0 Å². The quantitative estimate of drug-likeness (QED) is 0.197. The monoisotopic (exact) mass is 701 g/mol. The van der Waals surface area contributed by atoms with Gasteiger partial charge in [-0.05, 0) is 84.9 Å². The molecule has 7 rings (SSSR count). The number of ether oxygens (including phenoxy) is 1. The van der Waals surface area contributed by atoms with Gasteiger partial charge in [-0.1, -0.05) is 49.2 Å². The van der Waals surface area contributed by atoms with Gasteiger partial charge in [0.15, 0.2) is 0 Å². The molecule has 4 aromatic rings. The number of likely N-dealkylation sites (N-methyl/N-ethyl adjacent to an activating group) is 1. The van der Waals surface area contributed by atoms with Gasteiger partial charge < -0.3 is 25.7 Å². The molecular formula is C37H48ClN7O3Si. The number of nitrogens with two attached hydrogens (primary N) is 1. The second-order valence-corrected chi connectivity index (χ2v) is 17.8. The number of aromatic nitrogens is 4. The molecule has 2 saturated carbocycles. The molecule has 0 radical (unpaired) electrons. The van der Waals surface area contributed by atoms with Crippen molar-refractivity contribution in [1.82, 2.24) is 30.0 Å². The molecule has 1 saturated heterocycles. The lowest BCUT2D eigenvalue weighted by atomic mass is 9.58. The molecule has 4 N–H and O–H groups in total. The van der Waals surface area contributed by atoms with Gasteiger partial charge in [0.25, 0.3) is 5.91 Å². The minimum absolute atomic E-state index is 0.0258. The van der Waals surface area contributed by atoms with Crippen LogP contribution in [-0.2, 0) is 22.0 Å². The van der Waals surface area contributed by atoms with Crippen molar-refractivity contribution in [2.45, 2.75) is 80.3 Å². The molecule has 2 aliphatic carbocycles. The topological polar surface area (TPSA) is 131 Å². The van der Waals surface area contributed by atoms with Crippen LogP contribution >= 0.6 is 11.6 Å². The van der Waals surface area contributed by atoms with Crippen molar-refractivity contribution in [2.24, 2.45) is 18.2 Å². The third-order valence-corrected chi connectivity index (χ3v) is 14.6. The molecule has 1 unspecified atom stereocenters. The van der Waals surface area contributed by atoms with Crippen molar-refractivity contribution in [1.29, 1.82) is 0 Å². The maximum atomic E-state index is 14.7. The first kappa shape index (κ1) is 34.0. The Kier molecular flexibility index (Phi) is 8.57. The SMILES string of the molecule is CN(C(=O)C1(c2ccc3[nH]c([C@@H](NC(=O)c4ccnn4C)[C@H](c4ccccc4Cl)C4([SiH3])CC4)nc3c2)CCOC1)[C@](C)(CN)C1(C)CCC1. The van der Waals surface area contributed by atoms with E-state index in [2.05, 4.69) is 35.3 Å². The van der Waals surface area contributed by atoms with Crippen LogP contribution in [-0.4, -0.2) is 79.1 Å². The summed E-state index contributed by atoms with van der Waals surface area (Å²) < 4.78 is 7.55. The molecule has 2 aromatic carbocycles. The number of fused-ring (bicyclic) bond motifs is 1. The number of rotatable bonds is 11. The second kappa shape index (κ2) is 12.4. The van der Waals surface area contributed by atoms with Crippen molar-refractivity contribution in [3.63, 3.8) is 0 Å². The predicted octanol–water partition coefficient (Wildman–Crippen LogP) is 4.55. The number of hydrogen-bond acceptors (Lipinski definition) is 6. The molecule has 260 valence electrons. The van der Waals surface area contributed by atoms with Crippen LogP contribution in [0.1, 0.15) is 91.8 Å². The number of halogens is 1. The van der Waals surface area contributed by atoms with Crippen LogP contribution in [0.15, 0.2) is 54.7 Å². The Hall–Kier alpha value is -3.51. The number of amides is 2. The molecular weight excluding hydrogens is 654 g/mol. The van der Waals surface area contributed by atoms with Crippen molar-refractivity contribution in [3.05, 3.63) is 82.4 Å². The van der Waals surface area contributed by atoms with Crippen LogP contribution in [0, 0.1) is 5.41 Å². The van der Waals surface area contributed by atoms with Gasteiger partial charge in [0.1, 0.15) is 11.5 Å². The summed E-state index contributed by atoms with van der Waals surface area (Å²) in [7, 11) is 4.60. The van der Waals surface area contributed by atoms with E-state index in [1.807, 2.05) is 48.3 Å². The smallest absolute Gasteiger partial charge is 0.270 e. The van der Waals surface area contributed by atoms with Gasteiger partial charge in [0.05, 0.1) is 34.6 Å². The van der Waals surface area contributed by atoms with Crippen molar-refractivity contribution in [2.75, 3.05) is 26.8 Å². The van der Waals surface area contributed by atoms with E-state index in [0.717, 1.165) is 64.5 Å². The maximum absolute atomic E-state index is 14.7. The van der Waals surface area contributed by atoms with E-state index in [4.69, 9.17) is 27.1 Å². The Morgan fingerprint density at radius 1 is 1.18 bits per heavy atom. The summed E-state index contributed by atoms with van der Waals surface area (Å²) in [6.07, 6.45) is 7.60. The third kappa shape index (κ3) is 5.53. The van der Waals surface area contributed by atoms with Crippen LogP contribution in [0.3, 0.4) is 0 Å². The standard InChI is InChI=1S/C37H48ClN7O3Si/c1-34(13-7-14-34)35(2,21-39)44(3)33(47)36(17-19-48-22-36)23-10-11-26-27(20-23)42-31(41-26)30(43-32(46)28-12-18-40-45(28)4)29(37(49)15-16-37)24-8-5-6-9-25(24)38/h5-6,8-12,18,20,29-30H,7,13-17,19,21-22,39H2,1-4,49H3,(H,41,42)(H,43,46)/t29-,30-,35+,36?/m0/s1. The number of carbonyl (C=O) groups excluding carboxylic acids is 2. The lowest BCUT2D eigenvalue weighted by molar-refractivity contribution is -0.150. The fourth-order valence-electron chi connectivity index (χ4n) is 8.45. The van der Waals surface area contributed by atoms with Gasteiger partial charge in [-0.3, -0.25) is 14.3 Å². The number of hydrogen-bond donors (Lipinski definition) is 3. The molecule has 3 fully saturated rings. The molecule has 10 nitrogen and oxygen atoms in total. The molecule has 0 bridgehead atoms. The summed E-state index contributed by atoms with van der Waals surface area (Å²) >= 11 is 6.87. The van der Waals surface area contributed by atoms with Crippen LogP contribution in [0.25, 0.3) is 11.0 Å². The first-order chi connectivity index (χ1) is 23.4. The summed E-state index contributed by atoms with van der Waals surface area (Å²) in [6.45, 7) is 5.59. The maximum Gasteiger partial charge on any atom is 0.270 e. The van der Waals surface area contributed by atoms with E-state index in [1.54, 1.807) is 24.0 Å². The lowest BCUT2D eigenvalue weighted by Gasteiger charge is -2.57. The van der Waals surface area contributed by atoms with E-state index < -0.39 is 17.0 Å². The van der Waals surface area contributed by atoms with Crippen molar-refractivity contribution in [3.8, 4) is 0 Å². The van der Waals surface area contributed by atoms with Crippen LogP contribution in [0.5, 0.6) is 0 Å². The zero-order valence-electron chi connectivity index (χ0n) is 29.2. The fraction of sp³-hybridized carbons (Fsp3) is 0.514. The highest BCUT2D eigenvalue weighted by Crippen LogP contribution is 2.64. The van der Waals surface area contributed by atoms with Crippen molar-refractivity contribution >= 4 is 44.7 Å². The zero-order chi connectivity index (χ0) is 34.8. The third-order valence-electron chi connectivity index (χ3n) is 12.7. The van der Waals surface area contributed by atoms with Gasteiger partial charge in [0, 0.05) is 54.6 Å². The zero-order valence-corrected chi connectivity index (χ0v) is 31.9. The second-order valence-electron chi connectivity index (χ2n) is 15.4. The van der Waals surface area contributed by atoms with Gasteiger partial charge in [-0.2, -0.15) is 5.10 Å². The molecule has 3 aliphatic rings. The van der Waals surface area contributed by atoms with E-state index in [-0.39, 0.29) is 28.2 Å². The number of H-pyrrole nitrogens is 1. The highest BCUT2D eigenvalue weighted by molar-refractivity contribution is 6.31. The highest BCUT2D eigenvalue weighted by Gasteiger charge is 2.56. The molecule has 0 spiro atoms. The number of carbonyl (C=O) groups is 2. The largest absolute Gasteiger partial charge is 0.380 e. The Labute approximate surface area is 295 Å². The average molecular weight is 702 g/mol. The number of aromatic amines is 1. The molecule has 2 amide bonds. The minimum atomic E-state index is -0.848. The van der Waals surface area contributed by atoms with E-state index >= 15 is 0 Å². The Morgan fingerprint density at radius 2 is 1.94 bits per heavy atom. The molecule has 12 heteroatoms. The fourth-order valence-corrected chi connectivity index (χ4v) is 9.60. The molecule has 1 aliphatic heterocycles. The molecule has 3 heterocycles. The van der Waals surface area contributed by atoms with E-state index in [9.17, 15) is 9.59 Å². The summed E-state index contributed by atoms with van der Waals surface area (Å²) in [4.78, 5) is 39.1. The molecule has 4 atom stereocenters. The predicted molar refractivity (Wildman–Crippen MR) is 195 cm³/mol. The average Bonchev–Trinajstić information content (AvgIpc) is 3.46. The van der Waals surface area contributed by atoms with Crippen LogP contribution in [0.2, 0.25) is 10.1 Å². The summed E-state index contributed by atoms with van der Waals surface area (Å²) in [6, 6.07) is 15.2. The first-order valence-corrected chi connectivity index (χ1v) is 18.8. The highest BCUT2D eigenvalue weighted by atomic mass is 35.5. The van der Waals surface area contributed by atoms with Gasteiger partial charge in [-0.25, -0.2) is 4.98 Å². The van der Waals surface area contributed by atoms with Gasteiger partial charge >= 0.3 is 0 Å². The number of imidazole rings is 1. The number of nitrogens with zero attached hydrogens (tertiary/aromatic N) is 4. The van der Waals surface area contributed by atoms with Crippen LogP contribution in [0.4, 0.5) is 0 Å². The lowest BCUT2D eigenvalue weighted by Crippen LogP contribution is -2.66. The van der Waals surface area contributed by atoms with Gasteiger partial charge in [0.2, 0.25) is 5.91 Å². The number of nitrogens with one attached hydrogen (secondary N) is 2. The molecule has 2 aromatic heterocycles. The number of aryl methyl sites for hydroxylation is 1. The summed E-state index contributed by atoms with van der Waals surface area (Å²) in [5.41, 5.74) is 9.00. The Bertz CT molecular complexity index is 1890. The Balaban J connectivity index is 1.29. The van der Waals surface area contributed by atoms with Gasteiger partial charge in [-0.15, -0.1) is 0 Å². The van der Waals surface area contributed by atoms with Crippen molar-refractivity contribution < 1.29 is 14.3 Å². The van der Waals surface area contributed by atoms with Crippen LogP contribution < -0.4 is 11.1 Å². The van der Waals surface area contributed by atoms with E-state index in [0.29, 0.717) is 42.7 Å². The summed E-state index contributed by atoms with van der Waals surface area (Å²) in [5.74, 6) is 0.376. The minimum Gasteiger partial charge on any atom is -0.380 e. The summed E-state index contributed by atoms with van der Waals surface area (Å²) in [5, 5.41) is 8.30. The number of benzene rings is 2. The Morgan fingerprint density at radius 3 is 2.53 bits per heavy atom. The molecule has 49 heavy (non-hydrogen) atoms. The first-order valence-electron chi connectivity index (χ1n) is 17.5.